The van der Waals surface area contributed by atoms with Crippen molar-refractivity contribution in [2.45, 2.75) is 50.2 Å². The highest BCUT2D eigenvalue weighted by Gasteiger charge is 2.24. The Morgan fingerprint density at radius 1 is 1.29 bits per heavy atom. The van der Waals surface area contributed by atoms with Gasteiger partial charge in [-0.15, -0.1) is 11.3 Å². The third-order valence-corrected chi connectivity index (χ3v) is 7.94. The molecule has 0 saturated heterocycles. The van der Waals surface area contributed by atoms with Gasteiger partial charge in [0.1, 0.15) is 12.6 Å². The molecule has 0 aliphatic heterocycles. The summed E-state index contributed by atoms with van der Waals surface area (Å²) in [7, 11) is -3.92. The molecule has 1 atom stereocenters. The van der Waals surface area contributed by atoms with E-state index in [-0.39, 0.29) is 17.1 Å². The van der Waals surface area contributed by atoms with Crippen molar-refractivity contribution in [3.63, 3.8) is 0 Å². The molecule has 164 valence electrons. The van der Waals surface area contributed by atoms with E-state index in [9.17, 15) is 18.0 Å². The average Bonchev–Trinajstić information content (AvgIpc) is 3.10. The number of ether oxygens (including phenoxy) is 1. The molecule has 0 bridgehead atoms. The summed E-state index contributed by atoms with van der Waals surface area (Å²) in [4.78, 5) is 31.1. The first-order valence-corrected chi connectivity index (χ1v) is 12.4. The first kappa shape index (κ1) is 21.9. The zero-order chi connectivity index (χ0) is 22.2. The van der Waals surface area contributed by atoms with Crippen molar-refractivity contribution in [1.82, 2.24) is 14.1 Å². The van der Waals surface area contributed by atoms with Gasteiger partial charge in [-0.3, -0.25) is 14.0 Å². The lowest BCUT2D eigenvalue weighted by Crippen LogP contribution is -2.39. The number of hydrogen-bond donors (Lipinski definition) is 1. The number of thiazole rings is 1. The van der Waals surface area contributed by atoms with Gasteiger partial charge in [-0.05, 0) is 56.9 Å². The van der Waals surface area contributed by atoms with Crippen LogP contribution in [0.3, 0.4) is 0 Å². The van der Waals surface area contributed by atoms with Crippen LogP contribution >= 0.6 is 22.9 Å². The zero-order valence-corrected chi connectivity index (χ0v) is 19.0. The van der Waals surface area contributed by atoms with Crippen LogP contribution in [0.15, 0.2) is 40.0 Å². The first-order chi connectivity index (χ1) is 14.7. The molecule has 2 heterocycles. The van der Waals surface area contributed by atoms with Crippen LogP contribution in [0.2, 0.25) is 5.02 Å². The second-order valence-electron chi connectivity index (χ2n) is 7.29. The molecule has 0 radical (unpaired) electrons. The Morgan fingerprint density at radius 3 is 2.74 bits per heavy atom. The number of hydrogen-bond acceptors (Lipinski definition) is 7. The van der Waals surface area contributed by atoms with Gasteiger partial charge in [-0.2, -0.15) is 4.72 Å². The lowest BCUT2D eigenvalue weighted by atomic mass is 10.0. The van der Waals surface area contributed by atoms with E-state index in [1.807, 2.05) is 0 Å². The van der Waals surface area contributed by atoms with Crippen LogP contribution in [0.1, 0.15) is 36.0 Å². The van der Waals surface area contributed by atoms with Crippen LogP contribution in [-0.4, -0.2) is 29.8 Å². The van der Waals surface area contributed by atoms with Gasteiger partial charge in [-0.1, -0.05) is 11.6 Å². The van der Waals surface area contributed by atoms with Crippen LogP contribution in [0.4, 0.5) is 0 Å². The van der Waals surface area contributed by atoms with Crippen molar-refractivity contribution in [2.24, 2.45) is 0 Å². The Hall–Kier alpha value is -2.27. The van der Waals surface area contributed by atoms with E-state index < -0.39 is 22.0 Å². The molecule has 1 aliphatic rings. The van der Waals surface area contributed by atoms with Crippen LogP contribution in [-0.2, 0) is 39.0 Å². The van der Waals surface area contributed by atoms with E-state index in [1.54, 1.807) is 4.40 Å². The molecule has 1 N–H and O–H groups in total. The maximum atomic E-state index is 12.6. The van der Waals surface area contributed by atoms with E-state index >= 15 is 0 Å². The highest BCUT2D eigenvalue weighted by Crippen LogP contribution is 2.28. The van der Waals surface area contributed by atoms with Gasteiger partial charge >= 0.3 is 5.97 Å². The lowest BCUT2D eigenvalue weighted by molar-refractivity contribution is -0.146. The first-order valence-electron chi connectivity index (χ1n) is 9.72. The molecule has 0 spiro atoms. The third kappa shape index (κ3) is 4.67. The Morgan fingerprint density at radius 2 is 2.00 bits per heavy atom. The summed E-state index contributed by atoms with van der Waals surface area (Å²) in [5.41, 5.74) is 1.15. The fraction of sp³-hybridized carbons (Fsp3) is 0.350. The molecular weight excluding hydrogens is 462 g/mol. The van der Waals surface area contributed by atoms with Crippen molar-refractivity contribution in [2.75, 3.05) is 0 Å². The average molecular weight is 482 g/mol. The van der Waals surface area contributed by atoms with E-state index in [0.29, 0.717) is 15.7 Å². The summed E-state index contributed by atoms with van der Waals surface area (Å²) in [5.74, 6) is -0.773. The normalized spacial score (nSPS) is 14.9. The van der Waals surface area contributed by atoms with Crippen molar-refractivity contribution in [3.8, 4) is 0 Å². The van der Waals surface area contributed by atoms with Gasteiger partial charge in [-0.25, -0.2) is 13.4 Å². The minimum Gasteiger partial charge on any atom is -0.458 e. The number of halogens is 1. The highest BCUT2D eigenvalue weighted by molar-refractivity contribution is 7.89. The predicted octanol–water partition coefficient (Wildman–Crippen LogP) is 2.70. The third-order valence-electron chi connectivity index (χ3n) is 4.99. The number of nitrogens with zero attached hydrogens (tertiary/aromatic N) is 2. The van der Waals surface area contributed by atoms with Crippen molar-refractivity contribution in [3.05, 3.63) is 62.0 Å². The zero-order valence-electron chi connectivity index (χ0n) is 16.6. The quantitative estimate of drug-likeness (QED) is 0.542. The van der Waals surface area contributed by atoms with Crippen LogP contribution in [0.25, 0.3) is 4.96 Å². The van der Waals surface area contributed by atoms with Gasteiger partial charge in [0.15, 0.2) is 4.96 Å². The summed E-state index contributed by atoms with van der Waals surface area (Å²) in [6, 6.07) is 5.81. The monoisotopic (exact) mass is 481 g/mol. The number of carbonyl (C=O) groups is 1. The Balaban J connectivity index is 1.44. The number of aromatic nitrogens is 2. The summed E-state index contributed by atoms with van der Waals surface area (Å²) in [5, 5.41) is 0.401. The Labute approximate surface area is 187 Å². The van der Waals surface area contributed by atoms with Crippen molar-refractivity contribution >= 4 is 43.9 Å². The molecule has 0 fully saturated rings. The molecule has 0 amide bonds. The number of rotatable bonds is 6. The molecule has 11 heteroatoms. The van der Waals surface area contributed by atoms with Crippen LogP contribution in [0.5, 0.6) is 0 Å². The maximum absolute atomic E-state index is 12.6. The molecule has 1 aliphatic carbocycles. The van der Waals surface area contributed by atoms with E-state index in [2.05, 4.69) is 9.71 Å². The molecule has 31 heavy (non-hydrogen) atoms. The number of aryl methyl sites for hydroxylation is 2. The standard InChI is InChI=1S/C20H20ClN3O5S2/c1-12(23-31(27,28)15-8-6-13(21)7-9-15)19(26)29-11-14-10-18(25)24-16-4-2-3-5-17(16)30-20(24)22-14/h6-10,12,23H,2-5,11H2,1H3. The van der Waals surface area contributed by atoms with Crippen molar-refractivity contribution in [1.29, 1.82) is 0 Å². The molecule has 2 aromatic heterocycles. The summed E-state index contributed by atoms with van der Waals surface area (Å²) < 4.78 is 33.9. The fourth-order valence-corrected chi connectivity index (χ4v) is 6.00. The smallest absolute Gasteiger partial charge is 0.324 e. The second-order valence-corrected chi connectivity index (χ2v) is 10.5. The SMILES string of the molecule is CC(NS(=O)(=O)c1ccc(Cl)cc1)C(=O)OCc1cc(=O)n2c3c(sc2n1)CCCC3. The number of sulfonamides is 1. The Bertz CT molecular complexity index is 1300. The fourth-order valence-electron chi connectivity index (χ4n) is 3.45. The molecule has 1 unspecified atom stereocenters. The lowest BCUT2D eigenvalue weighted by Gasteiger charge is -2.14. The molecule has 3 aromatic rings. The van der Waals surface area contributed by atoms with E-state index in [0.717, 1.165) is 31.4 Å². The molecular formula is C20H20ClN3O5S2. The number of benzene rings is 1. The number of fused-ring (bicyclic) bond motifs is 3. The molecule has 0 saturated carbocycles. The van der Waals surface area contributed by atoms with Gasteiger partial charge in [0, 0.05) is 21.7 Å². The topological polar surface area (TPSA) is 107 Å². The van der Waals surface area contributed by atoms with Gasteiger partial charge in [0.2, 0.25) is 10.0 Å². The number of carbonyl (C=O) groups excluding carboxylic acids is 1. The minimum atomic E-state index is -3.92. The predicted molar refractivity (Wildman–Crippen MR) is 117 cm³/mol. The molecule has 1 aromatic carbocycles. The van der Waals surface area contributed by atoms with Crippen LogP contribution in [0, 0.1) is 0 Å². The molecule has 8 nitrogen and oxygen atoms in total. The summed E-state index contributed by atoms with van der Waals surface area (Å²) in [6.45, 7) is 1.16. The summed E-state index contributed by atoms with van der Waals surface area (Å²) >= 11 is 7.26. The highest BCUT2D eigenvalue weighted by atomic mass is 35.5. The van der Waals surface area contributed by atoms with Crippen LogP contribution < -0.4 is 10.3 Å². The Kier molecular flexibility index (Phi) is 6.16. The van der Waals surface area contributed by atoms with Gasteiger partial charge in [0.25, 0.3) is 5.56 Å². The largest absolute Gasteiger partial charge is 0.458 e. The maximum Gasteiger partial charge on any atom is 0.324 e. The minimum absolute atomic E-state index is 0.0154. The van der Waals surface area contributed by atoms with Gasteiger partial charge in [0.05, 0.1) is 10.6 Å². The number of nitrogens with one attached hydrogen (secondary N) is 1. The van der Waals surface area contributed by atoms with E-state index in [1.165, 1.54) is 53.5 Å². The van der Waals surface area contributed by atoms with Gasteiger partial charge < -0.3 is 4.74 Å². The van der Waals surface area contributed by atoms with Crippen molar-refractivity contribution < 1.29 is 17.9 Å². The van der Waals surface area contributed by atoms with E-state index in [4.69, 9.17) is 16.3 Å². The number of esters is 1. The second kappa shape index (κ2) is 8.70. The summed E-state index contributed by atoms with van der Waals surface area (Å²) in [6.07, 6.45) is 3.95. The molecule has 4 rings (SSSR count).